The molecule has 2 fully saturated rings. The molecule has 5 nitrogen and oxygen atoms in total. The van der Waals surface area contributed by atoms with Crippen LogP contribution in [-0.2, 0) is 14.3 Å². The molecule has 0 aromatic heterocycles. The Labute approximate surface area is 155 Å². The van der Waals surface area contributed by atoms with E-state index in [0.29, 0.717) is 26.2 Å². The van der Waals surface area contributed by atoms with E-state index in [9.17, 15) is 9.59 Å². The third-order valence-electron chi connectivity index (χ3n) is 5.58. The van der Waals surface area contributed by atoms with Crippen molar-refractivity contribution in [3.63, 3.8) is 0 Å². The maximum Gasteiger partial charge on any atom is 0.245 e. The molecule has 2 unspecified atom stereocenters. The molecular formula is C21H28N2O3. The van der Waals surface area contributed by atoms with Crippen molar-refractivity contribution in [2.45, 2.75) is 38.8 Å². The van der Waals surface area contributed by atoms with Gasteiger partial charge in [0.05, 0.1) is 19.2 Å². The van der Waals surface area contributed by atoms with Gasteiger partial charge in [-0.2, -0.15) is 0 Å². The van der Waals surface area contributed by atoms with Gasteiger partial charge in [0.15, 0.2) is 0 Å². The summed E-state index contributed by atoms with van der Waals surface area (Å²) in [5, 5.41) is 0. The van der Waals surface area contributed by atoms with Gasteiger partial charge in [0, 0.05) is 19.0 Å². The lowest BCUT2D eigenvalue weighted by Crippen LogP contribution is -2.52. The van der Waals surface area contributed by atoms with Crippen molar-refractivity contribution in [3.8, 4) is 0 Å². The molecule has 2 amide bonds. The molecule has 0 radical (unpaired) electrons. The molecule has 26 heavy (non-hydrogen) atoms. The van der Waals surface area contributed by atoms with Crippen LogP contribution in [0.5, 0.6) is 0 Å². The molecule has 0 saturated carbocycles. The number of nitrogens with zero attached hydrogens (tertiary/aromatic N) is 2. The van der Waals surface area contributed by atoms with Crippen LogP contribution >= 0.6 is 0 Å². The summed E-state index contributed by atoms with van der Waals surface area (Å²) in [6, 6.07) is 8.27. The van der Waals surface area contributed by atoms with Gasteiger partial charge in [0.25, 0.3) is 0 Å². The molecule has 0 bridgehead atoms. The quantitative estimate of drug-likeness (QED) is 0.783. The first-order chi connectivity index (χ1) is 12.5. The van der Waals surface area contributed by atoms with Gasteiger partial charge in [-0.05, 0) is 43.9 Å². The number of benzene rings is 1. The van der Waals surface area contributed by atoms with Crippen LogP contribution in [-0.4, -0.2) is 53.9 Å². The number of carbonyl (C=O) groups excluding carboxylic acids is 2. The maximum absolute atomic E-state index is 13.1. The summed E-state index contributed by atoms with van der Waals surface area (Å²) < 4.78 is 6.03. The molecule has 2 saturated heterocycles. The number of rotatable bonds is 3. The number of carbonyl (C=O) groups is 2. The molecule has 0 N–H and O–H groups in total. The van der Waals surface area contributed by atoms with Crippen LogP contribution in [0.3, 0.4) is 0 Å². The Kier molecular flexibility index (Phi) is 5.77. The fraction of sp³-hybridized carbons (Fsp3) is 0.524. The lowest BCUT2D eigenvalue weighted by Gasteiger charge is -2.41. The number of aryl methyl sites for hydroxylation is 1. The van der Waals surface area contributed by atoms with Crippen LogP contribution in [0.2, 0.25) is 0 Å². The van der Waals surface area contributed by atoms with E-state index in [-0.39, 0.29) is 29.9 Å². The Morgan fingerprint density at radius 3 is 2.58 bits per heavy atom. The highest BCUT2D eigenvalue weighted by Crippen LogP contribution is 2.29. The smallest absolute Gasteiger partial charge is 0.245 e. The first kappa shape index (κ1) is 18.6. The molecule has 2 aliphatic heterocycles. The molecular weight excluding hydrogens is 328 g/mol. The fourth-order valence-electron chi connectivity index (χ4n) is 3.91. The predicted molar refractivity (Wildman–Crippen MR) is 101 cm³/mol. The Bertz CT molecular complexity index is 680. The van der Waals surface area contributed by atoms with Gasteiger partial charge in [-0.3, -0.25) is 9.59 Å². The summed E-state index contributed by atoms with van der Waals surface area (Å²) in [6.45, 7) is 10.1. The van der Waals surface area contributed by atoms with Crippen LogP contribution in [0.4, 0.5) is 0 Å². The van der Waals surface area contributed by atoms with Crippen molar-refractivity contribution in [2.75, 3.05) is 26.2 Å². The third-order valence-corrected chi connectivity index (χ3v) is 5.58. The van der Waals surface area contributed by atoms with Crippen LogP contribution in [0.15, 0.2) is 36.9 Å². The Morgan fingerprint density at radius 2 is 1.92 bits per heavy atom. The number of ether oxygens (including phenoxy) is 1. The Balaban J connectivity index is 1.66. The minimum absolute atomic E-state index is 0.0121. The average molecular weight is 356 g/mol. The lowest BCUT2D eigenvalue weighted by atomic mass is 9.93. The summed E-state index contributed by atoms with van der Waals surface area (Å²) in [7, 11) is 0. The number of hydrogen-bond acceptors (Lipinski definition) is 3. The van der Waals surface area contributed by atoms with Crippen LogP contribution in [0.1, 0.15) is 37.0 Å². The average Bonchev–Trinajstić information content (AvgIpc) is 2.68. The summed E-state index contributed by atoms with van der Waals surface area (Å²) in [5.41, 5.74) is 2.35. The van der Waals surface area contributed by atoms with E-state index < -0.39 is 0 Å². The summed E-state index contributed by atoms with van der Waals surface area (Å²) >= 11 is 0. The van der Waals surface area contributed by atoms with Gasteiger partial charge in [-0.15, -0.1) is 0 Å². The maximum atomic E-state index is 13.1. The normalized spacial score (nSPS) is 24.4. The van der Waals surface area contributed by atoms with Crippen LogP contribution < -0.4 is 0 Å². The van der Waals surface area contributed by atoms with Gasteiger partial charge in [0.1, 0.15) is 6.10 Å². The van der Waals surface area contributed by atoms with Gasteiger partial charge < -0.3 is 14.5 Å². The highest BCUT2D eigenvalue weighted by atomic mass is 16.5. The van der Waals surface area contributed by atoms with Crippen molar-refractivity contribution < 1.29 is 14.3 Å². The second-order valence-electron chi connectivity index (χ2n) is 7.32. The molecule has 2 heterocycles. The second-order valence-corrected chi connectivity index (χ2v) is 7.32. The van der Waals surface area contributed by atoms with E-state index in [1.54, 1.807) is 4.90 Å². The molecule has 1 aromatic rings. The largest absolute Gasteiger partial charge is 0.370 e. The zero-order valence-electron chi connectivity index (χ0n) is 15.7. The zero-order valence-corrected chi connectivity index (χ0v) is 15.7. The Hall–Kier alpha value is -2.14. The van der Waals surface area contributed by atoms with Gasteiger partial charge in [-0.1, -0.05) is 30.8 Å². The van der Waals surface area contributed by atoms with Crippen molar-refractivity contribution in [3.05, 3.63) is 48.0 Å². The number of amides is 2. The number of piperidine rings is 1. The highest BCUT2D eigenvalue weighted by molar-refractivity contribution is 5.87. The minimum Gasteiger partial charge on any atom is -0.370 e. The molecule has 2 aliphatic rings. The predicted octanol–water partition coefficient (Wildman–Crippen LogP) is 2.71. The molecule has 5 heteroatoms. The molecule has 0 aliphatic carbocycles. The van der Waals surface area contributed by atoms with Gasteiger partial charge >= 0.3 is 0 Å². The van der Waals surface area contributed by atoms with Crippen molar-refractivity contribution >= 4 is 11.8 Å². The fourth-order valence-corrected chi connectivity index (χ4v) is 3.91. The summed E-state index contributed by atoms with van der Waals surface area (Å²) in [4.78, 5) is 28.6. The molecule has 0 spiro atoms. The van der Waals surface area contributed by atoms with E-state index >= 15 is 0 Å². The van der Waals surface area contributed by atoms with E-state index in [0.717, 1.165) is 18.4 Å². The molecule has 3 rings (SSSR count). The molecule has 2 atom stereocenters. The number of likely N-dealkylation sites (tertiary alicyclic amines) is 1. The monoisotopic (exact) mass is 356 g/mol. The van der Waals surface area contributed by atoms with Crippen molar-refractivity contribution in [2.24, 2.45) is 5.92 Å². The standard InChI is InChI=1S/C21H28N2O3/c1-4-20(24)22-11-9-17(10-12-22)21(25)23-13-19(26-14-16(23)3)18-8-6-5-7-15(18)2/h4-8,16-17,19H,1,9-14H2,2-3H3. The first-order valence-corrected chi connectivity index (χ1v) is 9.40. The second kappa shape index (κ2) is 8.04. The van der Waals surface area contributed by atoms with Gasteiger partial charge in [0.2, 0.25) is 11.8 Å². The van der Waals surface area contributed by atoms with E-state index in [2.05, 4.69) is 25.6 Å². The van der Waals surface area contributed by atoms with Crippen LogP contribution in [0, 0.1) is 12.8 Å². The van der Waals surface area contributed by atoms with Crippen molar-refractivity contribution in [1.82, 2.24) is 9.80 Å². The minimum atomic E-state index is -0.0706. The van der Waals surface area contributed by atoms with E-state index in [1.165, 1.54) is 11.6 Å². The molecule has 140 valence electrons. The van der Waals surface area contributed by atoms with Gasteiger partial charge in [-0.25, -0.2) is 0 Å². The Morgan fingerprint density at radius 1 is 1.23 bits per heavy atom. The zero-order chi connectivity index (χ0) is 18.7. The number of hydrogen-bond donors (Lipinski definition) is 0. The topological polar surface area (TPSA) is 49.9 Å². The lowest BCUT2D eigenvalue weighted by molar-refractivity contribution is -0.151. The summed E-state index contributed by atoms with van der Waals surface area (Å²) in [6.07, 6.45) is 2.72. The highest BCUT2D eigenvalue weighted by Gasteiger charge is 2.36. The van der Waals surface area contributed by atoms with E-state index in [4.69, 9.17) is 4.74 Å². The van der Waals surface area contributed by atoms with Crippen molar-refractivity contribution in [1.29, 1.82) is 0 Å². The molecule has 1 aromatic carbocycles. The first-order valence-electron chi connectivity index (χ1n) is 9.40. The third kappa shape index (κ3) is 3.83. The summed E-state index contributed by atoms with van der Waals surface area (Å²) in [5.74, 6) is 0.141. The van der Waals surface area contributed by atoms with Crippen LogP contribution in [0.25, 0.3) is 0 Å². The number of morpholine rings is 1. The van der Waals surface area contributed by atoms with E-state index in [1.807, 2.05) is 24.0 Å². The SMILES string of the molecule is C=CC(=O)N1CCC(C(=O)N2CC(c3ccccc3C)OCC2C)CC1.